The van der Waals surface area contributed by atoms with Crippen molar-refractivity contribution in [1.29, 1.82) is 0 Å². The highest BCUT2D eigenvalue weighted by Gasteiger charge is 2.15. The molecule has 0 spiro atoms. The Bertz CT molecular complexity index is 1350. The minimum Gasteiger partial charge on any atom is -0.361 e. The van der Waals surface area contributed by atoms with E-state index in [1.54, 1.807) is 4.80 Å². The van der Waals surface area contributed by atoms with Crippen LogP contribution in [0, 0.1) is 0 Å². The zero-order valence-electron chi connectivity index (χ0n) is 17.9. The smallest absolute Gasteiger partial charge is 0.117 e. The van der Waals surface area contributed by atoms with Crippen LogP contribution in [-0.4, -0.2) is 26.5 Å². The van der Waals surface area contributed by atoms with Gasteiger partial charge < -0.3 is 10.3 Å². The molecule has 0 radical (unpaired) electrons. The zero-order chi connectivity index (χ0) is 22.6. The Balaban J connectivity index is 1.33. The van der Waals surface area contributed by atoms with Crippen LogP contribution in [0.2, 0.25) is 10.0 Å². The second-order valence-corrected chi connectivity index (χ2v) is 8.69. The van der Waals surface area contributed by atoms with Gasteiger partial charge in [0.05, 0.1) is 6.54 Å². The number of fused-ring (bicyclic) bond motifs is 1. The first-order valence-electron chi connectivity index (χ1n) is 10.9. The lowest BCUT2D eigenvalue weighted by molar-refractivity contribution is 0.577. The predicted octanol–water partition coefficient (Wildman–Crippen LogP) is 6.11. The molecule has 2 aromatic heterocycles. The summed E-state index contributed by atoms with van der Waals surface area (Å²) in [6.07, 6.45) is 3.01. The van der Waals surface area contributed by atoms with E-state index >= 15 is 0 Å². The summed E-state index contributed by atoms with van der Waals surface area (Å²) in [5.74, 6) is 0. The molecule has 3 aromatic carbocycles. The van der Waals surface area contributed by atoms with Crippen molar-refractivity contribution in [2.75, 3.05) is 6.54 Å². The summed E-state index contributed by atoms with van der Waals surface area (Å²) in [4.78, 5) is 5.01. The summed E-state index contributed by atoms with van der Waals surface area (Å²) >= 11 is 12.7. The zero-order valence-corrected chi connectivity index (χ0v) is 19.4. The molecule has 5 nitrogen and oxygen atoms in total. The first-order chi connectivity index (χ1) is 16.2. The number of hydrogen-bond acceptors (Lipinski definition) is 3. The minimum absolute atomic E-state index is 0.410. The number of nitrogens with zero attached hydrogens (tertiary/aromatic N) is 3. The first kappa shape index (κ1) is 21.7. The van der Waals surface area contributed by atoms with E-state index in [9.17, 15) is 0 Å². The molecule has 166 valence electrons. The van der Waals surface area contributed by atoms with Crippen LogP contribution in [0.1, 0.15) is 16.8 Å². The molecular formula is C26H23Cl2N5. The lowest BCUT2D eigenvalue weighted by Crippen LogP contribution is -2.17. The van der Waals surface area contributed by atoms with Gasteiger partial charge in [-0.15, -0.1) is 0 Å². The molecule has 0 aliphatic heterocycles. The lowest BCUT2D eigenvalue weighted by Gasteiger charge is -2.05. The fourth-order valence-corrected chi connectivity index (χ4v) is 4.50. The maximum Gasteiger partial charge on any atom is 0.117 e. The average Bonchev–Trinajstić information content (AvgIpc) is 3.44. The summed E-state index contributed by atoms with van der Waals surface area (Å²) in [7, 11) is 0. The van der Waals surface area contributed by atoms with Gasteiger partial charge in [-0.05, 0) is 36.7 Å². The van der Waals surface area contributed by atoms with Crippen LogP contribution in [0.4, 0.5) is 0 Å². The van der Waals surface area contributed by atoms with E-state index in [0.717, 1.165) is 35.5 Å². The highest BCUT2D eigenvalue weighted by Crippen LogP contribution is 2.26. The SMILES string of the molecule is Clc1cccc(Cl)c1Cn1nc(CNCCc2c[nH]c3ccccc23)c(-c2ccccc2)n1. The number of aromatic nitrogens is 4. The Morgan fingerprint density at radius 2 is 1.61 bits per heavy atom. The molecule has 0 saturated heterocycles. The number of aromatic amines is 1. The van der Waals surface area contributed by atoms with Crippen molar-refractivity contribution >= 4 is 34.1 Å². The normalized spacial score (nSPS) is 11.3. The van der Waals surface area contributed by atoms with Gasteiger partial charge in [0.2, 0.25) is 0 Å². The highest BCUT2D eigenvalue weighted by molar-refractivity contribution is 6.35. The summed E-state index contributed by atoms with van der Waals surface area (Å²) in [5, 5.41) is 15.6. The largest absolute Gasteiger partial charge is 0.361 e. The second kappa shape index (κ2) is 9.79. The quantitative estimate of drug-likeness (QED) is 0.266. The van der Waals surface area contributed by atoms with Crippen LogP contribution in [-0.2, 0) is 19.5 Å². The molecule has 33 heavy (non-hydrogen) atoms. The lowest BCUT2D eigenvalue weighted by atomic mass is 10.1. The molecule has 7 heteroatoms. The molecule has 0 aliphatic carbocycles. The van der Waals surface area contributed by atoms with Gasteiger partial charge in [0.25, 0.3) is 0 Å². The molecule has 5 rings (SSSR count). The summed E-state index contributed by atoms with van der Waals surface area (Å²) in [5.41, 5.74) is 6.07. The van der Waals surface area contributed by atoms with E-state index in [1.807, 2.05) is 54.6 Å². The molecule has 0 bridgehead atoms. The van der Waals surface area contributed by atoms with E-state index in [1.165, 1.54) is 16.5 Å². The number of benzene rings is 3. The number of para-hydroxylation sites is 1. The third kappa shape index (κ3) is 4.81. The highest BCUT2D eigenvalue weighted by atomic mass is 35.5. The fraction of sp³-hybridized carbons (Fsp3) is 0.154. The van der Waals surface area contributed by atoms with Crippen molar-refractivity contribution in [3.8, 4) is 11.3 Å². The van der Waals surface area contributed by atoms with Gasteiger partial charge in [0.1, 0.15) is 11.4 Å². The molecule has 0 unspecified atom stereocenters. The van der Waals surface area contributed by atoms with Gasteiger partial charge in [-0.2, -0.15) is 15.0 Å². The summed E-state index contributed by atoms with van der Waals surface area (Å²) < 4.78 is 0. The van der Waals surface area contributed by atoms with Gasteiger partial charge in [-0.1, -0.05) is 77.8 Å². The fourth-order valence-electron chi connectivity index (χ4n) is 3.99. The van der Waals surface area contributed by atoms with Crippen molar-refractivity contribution in [3.63, 3.8) is 0 Å². The number of H-pyrrole nitrogens is 1. The van der Waals surface area contributed by atoms with E-state index < -0.39 is 0 Å². The Labute approximate surface area is 202 Å². The number of halogens is 2. The topological polar surface area (TPSA) is 58.5 Å². The van der Waals surface area contributed by atoms with E-state index in [0.29, 0.717) is 23.1 Å². The number of hydrogen-bond donors (Lipinski definition) is 2. The maximum atomic E-state index is 6.37. The van der Waals surface area contributed by atoms with Gasteiger partial charge in [0, 0.05) is 44.8 Å². The van der Waals surface area contributed by atoms with Gasteiger partial charge in [0.15, 0.2) is 0 Å². The van der Waals surface area contributed by atoms with Crippen LogP contribution in [0.5, 0.6) is 0 Å². The number of rotatable bonds is 8. The monoisotopic (exact) mass is 475 g/mol. The van der Waals surface area contributed by atoms with Crippen molar-refractivity contribution in [3.05, 3.63) is 106 Å². The molecule has 0 amide bonds. The summed E-state index contributed by atoms with van der Waals surface area (Å²) in [6.45, 7) is 1.86. The van der Waals surface area contributed by atoms with Crippen molar-refractivity contribution in [2.24, 2.45) is 0 Å². The molecule has 0 atom stereocenters. The van der Waals surface area contributed by atoms with Gasteiger partial charge >= 0.3 is 0 Å². The second-order valence-electron chi connectivity index (χ2n) is 7.88. The van der Waals surface area contributed by atoms with Crippen molar-refractivity contribution in [2.45, 2.75) is 19.5 Å². The molecule has 0 aliphatic rings. The molecule has 2 N–H and O–H groups in total. The van der Waals surface area contributed by atoms with Crippen LogP contribution in [0.3, 0.4) is 0 Å². The maximum absolute atomic E-state index is 6.37. The van der Waals surface area contributed by atoms with Crippen molar-refractivity contribution in [1.82, 2.24) is 25.3 Å². The third-order valence-corrected chi connectivity index (χ3v) is 6.38. The molecule has 0 fully saturated rings. The Morgan fingerprint density at radius 1 is 0.848 bits per heavy atom. The summed E-state index contributed by atoms with van der Waals surface area (Å²) in [6, 6.07) is 24.0. The first-order valence-corrected chi connectivity index (χ1v) is 11.6. The third-order valence-electron chi connectivity index (χ3n) is 5.67. The van der Waals surface area contributed by atoms with Crippen LogP contribution in [0.15, 0.2) is 79.0 Å². The molecular weight excluding hydrogens is 453 g/mol. The molecule has 5 aromatic rings. The standard InChI is InChI=1S/C26H23Cl2N5/c27-22-10-6-11-23(28)21(22)17-33-31-25(26(32-33)18-7-2-1-3-8-18)16-29-14-13-19-15-30-24-12-5-4-9-20(19)24/h1-12,15,29-30H,13-14,16-17H2. The Hall–Kier alpha value is -3.12. The minimum atomic E-state index is 0.410. The van der Waals surface area contributed by atoms with Crippen molar-refractivity contribution < 1.29 is 0 Å². The van der Waals surface area contributed by atoms with E-state index in [4.69, 9.17) is 33.4 Å². The Morgan fingerprint density at radius 3 is 2.42 bits per heavy atom. The van der Waals surface area contributed by atoms with Gasteiger partial charge in [-0.25, -0.2) is 0 Å². The Kier molecular flexibility index (Phi) is 6.44. The van der Waals surface area contributed by atoms with Crippen LogP contribution >= 0.6 is 23.2 Å². The molecule has 2 heterocycles. The average molecular weight is 476 g/mol. The predicted molar refractivity (Wildman–Crippen MR) is 135 cm³/mol. The van der Waals surface area contributed by atoms with E-state index in [2.05, 4.69) is 34.7 Å². The molecule has 0 saturated carbocycles. The number of nitrogens with one attached hydrogen (secondary N) is 2. The van der Waals surface area contributed by atoms with Crippen LogP contribution < -0.4 is 5.32 Å². The van der Waals surface area contributed by atoms with Crippen LogP contribution in [0.25, 0.3) is 22.2 Å². The van der Waals surface area contributed by atoms with Gasteiger partial charge in [-0.3, -0.25) is 0 Å². The van der Waals surface area contributed by atoms with E-state index in [-0.39, 0.29) is 0 Å².